The van der Waals surface area contributed by atoms with Crippen molar-refractivity contribution in [1.29, 1.82) is 0 Å². The number of nitrogens with one attached hydrogen (secondary N) is 1. The Bertz CT molecular complexity index is 747. The lowest BCUT2D eigenvalue weighted by Crippen LogP contribution is -2.43. The molecule has 1 aromatic carbocycles. The molecule has 1 N–H and O–H groups in total. The fraction of sp³-hybridized carbons (Fsp3) is 0.591. The normalized spacial score (nSPS) is 20.0. The van der Waals surface area contributed by atoms with Gasteiger partial charge in [-0.2, -0.15) is 0 Å². The molecule has 1 unspecified atom stereocenters. The Morgan fingerprint density at radius 3 is 2.50 bits per heavy atom. The van der Waals surface area contributed by atoms with E-state index in [1.807, 2.05) is 18.2 Å². The molecule has 1 aliphatic heterocycles. The molecule has 1 atom stereocenters. The Kier molecular flexibility index (Phi) is 6.06. The molecule has 0 saturated heterocycles. The number of carbonyl (C=O) groups excluding carboxylic acids is 3. The van der Waals surface area contributed by atoms with E-state index in [1.165, 1.54) is 19.3 Å². The lowest BCUT2D eigenvalue weighted by atomic mass is 9.88. The van der Waals surface area contributed by atoms with Crippen LogP contribution in [0.4, 0.5) is 0 Å². The minimum absolute atomic E-state index is 0.0985. The fourth-order valence-electron chi connectivity index (χ4n) is 4.12. The van der Waals surface area contributed by atoms with Crippen LogP contribution in [0, 0.1) is 5.92 Å². The van der Waals surface area contributed by atoms with Gasteiger partial charge in [-0.3, -0.25) is 14.4 Å². The average molecular weight is 386 g/mol. The van der Waals surface area contributed by atoms with E-state index in [9.17, 15) is 14.4 Å². The monoisotopic (exact) mass is 386 g/mol. The highest BCUT2D eigenvalue weighted by molar-refractivity contribution is 6.05. The number of hydrogen-bond acceptors (Lipinski definition) is 4. The predicted octanol–water partition coefficient (Wildman–Crippen LogP) is 3.22. The number of nitrogens with zero attached hydrogens (tertiary/aromatic N) is 1. The number of ether oxygens (including phenoxy) is 1. The van der Waals surface area contributed by atoms with E-state index in [4.69, 9.17) is 4.74 Å². The van der Waals surface area contributed by atoms with Crippen molar-refractivity contribution in [2.24, 2.45) is 5.92 Å². The molecule has 2 amide bonds. The first kappa shape index (κ1) is 20.4. The summed E-state index contributed by atoms with van der Waals surface area (Å²) < 4.78 is 5.26. The van der Waals surface area contributed by atoms with Crippen LogP contribution in [-0.4, -0.2) is 41.4 Å². The van der Waals surface area contributed by atoms with Crippen LogP contribution in [0.15, 0.2) is 24.3 Å². The van der Waals surface area contributed by atoms with Crippen molar-refractivity contribution >= 4 is 17.8 Å². The van der Waals surface area contributed by atoms with E-state index >= 15 is 0 Å². The third kappa shape index (κ3) is 4.72. The molecule has 1 saturated carbocycles. The van der Waals surface area contributed by atoms with E-state index in [0.29, 0.717) is 23.6 Å². The maximum atomic E-state index is 13.0. The summed E-state index contributed by atoms with van der Waals surface area (Å²) in [6.45, 7) is 5.72. The third-order valence-electron chi connectivity index (χ3n) is 5.31. The zero-order valence-corrected chi connectivity index (χ0v) is 17.0. The SMILES string of the molecule is CC(C)(C)OC(=O)CNC(=O)C1c2ccccc2C(=O)N1CC1CCCCC1. The molecule has 6 nitrogen and oxygen atoms in total. The molecule has 1 heterocycles. The first-order valence-corrected chi connectivity index (χ1v) is 10.2. The second-order valence-electron chi connectivity index (χ2n) is 8.76. The molecule has 1 aliphatic carbocycles. The van der Waals surface area contributed by atoms with Crippen LogP contribution in [0.25, 0.3) is 0 Å². The van der Waals surface area contributed by atoms with Crippen LogP contribution in [0.3, 0.4) is 0 Å². The number of rotatable bonds is 5. The van der Waals surface area contributed by atoms with Gasteiger partial charge in [0.15, 0.2) is 0 Å². The number of amides is 2. The largest absolute Gasteiger partial charge is 0.459 e. The van der Waals surface area contributed by atoms with Gasteiger partial charge >= 0.3 is 5.97 Å². The smallest absolute Gasteiger partial charge is 0.325 e. The zero-order valence-electron chi connectivity index (χ0n) is 17.0. The van der Waals surface area contributed by atoms with Crippen molar-refractivity contribution in [3.05, 3.63) is 35.4 Å². The zero-order chi connectivity index (χ0) is 20.3. The van der Waals surface area contributed by atoms with Gasteiger partial charge in [0.2, 0.25) is 5.91 Å². The van der Waals surface area contributed by atoms with E-state index in [0.717, 1.165) is 12.8 Å². The van der Waals surface area contributed by atoms with Crippen LogP contribution in [0.5, 0.6) is 0 Å². The number of carbonyl (C=O) groups is 3. The molecule has 0 aromatic heterocycles. The van der Waals surface area contributed by atoms with Crippen molar-refractivity contribution in [2.45, 2.75) is 64.5 Å². The van der Waals surface area contributed by atoms with Gasteiger partial charge in [0.25, 0.3) is 5.91 Å². The molecule has 2 aliphatic rings. The van der Waals surface area contributed by atoms with E-state index in [2.05, 4.69) is 5.32 Å². The molecule has 0 spiro atoms. The Labute approximate surface area is 166 Å². The topological polar surface area (TPSA) is 75.7 Å². The molecule has 1 fully saturated rings. The van der Waals surface area contributed by atoms with E-state index < -0.39 is 17.6 Å². The van der Waals surface area contributed by atoms with Crippen LogP contribution in [-0.2, 0) is 14.3 Å². The molecule has 6 heteroatoms. The quantitative estimate of drug-likeness (QED) is 0.789. The minimum atomic E-state index is -0.687. The molecular weight excluding hydrogens is 356 g/mol. The predicted molar refractivity (Wildman–Crippen MR) is 106 cm³/mol. The lowest BCUT2D eigenvalue weighted by Gasteiger charge is -2.30. The van der Waals surface area contributed by atoms with Crippen LogP contribution in [0.2, 0.25) is 0 Å². The van der Waals surface area contributed by atoms with Crippen LogP contribution >= 0.6 is 0 Å². The van der Waals surface area contributed by atoms with Gasteiger partial charge in [0.05, 0.1) is 0 Å². The Balaban J connectivity index is 1.73. The second kappa shape index (κ2) is 8.33. The highest BCUT2D eigenvalue weighted by atomic mass is 16.6. The Hall–Kier alpha value is -2.37. The Morgan fingerprint density at radius 1 is 1.14 bits per heavy atom. The summed E-state index contributed by atoms with van der Waals surface area (Å²) in [6, 6.07) is 6.56. The molecular formula is C22H30N2O4. The van der Waals surface area contributed by atoms with Crippen molar-refractivity contribution in [1.82, 2.24) is 10.2 Å². The highest BCUT2D eigenvalue weighted by Crippen LogP contribution is 2.36. The van der Waals surface area contributed by atoms with Gasteiger partial charge in [-0.1, -0.05) is 37.5 Å². The highest BCUT2D eigenvalue weighted by Gasteiger charge is 2.41. The van der Waals surface area contributed by atoms with Gasteiger partial charge in [-0.25, -0.2) is 0 Å². The average Bonchev–Trinajstić information content (AvgIpc) is 2.92. The number of fused-ring (bicyclic) bond motifs is 1. The third-order valence-corrected chi connectivity index (χ3v) is 5.31. The number of benzene rings is 1. The van der Waals surface area contributed by atoms with Crippen molar-refractivity contribution in [2.75, 3.05) is 13.1 Å². The lowest BCUT2D eigenvalue weighted by molar-refractivity contribution is -0.154. The maximum absolute atomic E-state index is 13.0. The molecule has 152 valence electrons. The molecule has 28 heavy (non-hydrogen) atoms. The maximum Gasteiger partial charge on any atom is 0.325 e. The molecule has 0 radical (unpaired) electrons. The molecule has 3 rings (SSSR count). The van der Waals surface area contributed by atoms with Gasteiger partial charge in [-0.15, -0.1) is 0 Å². The summed E-state index contributed by atoms with van der Waals surface area (Å²) in [5, 5.41) is 2.67. The van der Waals surface area contributed by atoms with E-state index in [1.54, 1.807) is 31.7 Å². The van der Waals surface area contributed by atoms with Crippen molar-refractivity contribution in [3.8, 4) is 0 Å². The molecule has 1 aromatic rings. The standard InChI is InChI=1S/C22H30N2O4/c1-22(2,3)28-18(25)13-23-20(26)19-16-11-7-8-12-17(16)21(27)24(19)14-15-9-5-4-6-10-15/h7-8,11-12,15,19H,4-6,9-10,13-14H2,1-3H3,(H,23,26). The van der Waals surface area contributed by atoms with Crippen LogP contribution < -0.4 is 5.32 Å². The van der Waals surface area contributed by atoms with Crippen LogP contribution in [0.1, 0.15) is 74.8 Å². The summed E-state index contributed by atoms with van der Waals surface area (Å²) in [5.74, 6) is -0.496. The van der Waals surface area contributed by atoms with Gasteiger partial charge in [0, 0.05) is 12.1 Å². The first-order chi connectivity index (χ1) is 13.3. The second-order valence-corrected chi connectivity index (χ2v) is 8.76. The molecule has 0 bridgehead atoms. The van der Waals surface area contributed by atoms with Gasteiger partial charge in [0.1, 0.15) is 18.2 Å². The Morgan fingerprint density at radius 2 is 1.82 bits per heavy atom. The summed E-state index contributed by atoms with van der Waals surface area (Å²) in [4.78, 5) is 39.6. The number of esters is 1. The summed E-state index contributed by atoms with van der Waals surface area (Å²) in [7, 11) is 0. The van der Waals surface area contributed by atoms with Crippen molar-refractivity contribution < 1.29 is 19.1 Å². The summed E-state index contributed by atoms with van der Waals surface area (Å²) in [5.41, 5.74) is 0.686. The minimum Gasteiger partial charge on any atom is -0.459 e. The number of hydrogen-bond donors (Lipinski definition) is 1. The fourth-order valence-corrected chi connectivity index (χ4v) is 4.12. The van der Waals surface area contributed by atoms with Gasteiger partial charge in [-0.05, 0) is 51.2 Å². The first-order valence-electron chi connectivity index (χ1n) is 10.2. The van der Waals surface area contributed by atoms with Crippen molar-refractivity contribution in [3.63, 3.8) is 0 Å². The van der Waals surface area contributed by atoms with E-state index in [-0.39, 0.29) is 18.4 Å². The summed E-state index contributed by atoms with van der Waals surface area (Å²) >= 11 is 0. The van der Waals surface area contributed by atoms with Gasteiger partial charge < -0.3 is 15.0 Å². The summed E-state index contributed by atoms with van der Waals surface area (Å²) in [6.07, 6.45) is 5.77.